The van der Waals surface area contributed by atoms with Gasteiger partial charge in [-0.05, 0) is 44.9 Å². The molecule has 2 aromatic rings. The molecule has 9 nitrogen and oxygen atoms in total. The Kier molecular flexibility index (Phi) is 5.58. The number of ether oxygens (including phenoxy) is 1. The van der Waals surface area contributed by atoms with Crippen molar-refractivity contribution in [3.8, 4) is 0 Å². The predicted molar refractivity (Wildman–Crippen MR) is 109 cm³/mol. The van der Waals surface area contributed by atoms with E-state index in [1.54, 1.807) is 6.92 Å². The number of amides is 3. The summed E-state index contributed by atoms with van der Waals surface area (Å²) in [5, 5.41) is 6.14. The van der Waals surface area contributed by atoms with Gasteiger partial charge in [-0.2, -0.15) is 0 Å². The summed E-state index contributed by atoms with van der Waals surface area (Å²) in [5.41, 5.74) is 0.585. The molecule has 1 N–H and O–H groups in total. The maximum absolute atomic E-state index is 12.9. The second kappa shape index (κ2) is 8.33. The first-order valence-electron chi connectivity index (χ1n) is 10.3. The van der Waals surface area contributed by atoms with E-state index in [-0.39, 0.29) is 34.8 Å². The number of esters is 1. The molecular weight excluding hydrogens is 402 g/mol. The van der Waals surface area contributed by atoms with Crippen LogP contribution in [0.1, 0.15) is 75.9 Å². The van der Waals surface area contributed by atoms with Gasteiger partial charge in [0.15, 0.2) is 11.9 Å². The van der Waals surface area contributed by atoms with Crippen molar-refractivity contribution in [1.29, 1.82) is 0 Å². The van der Waals surface area contributed by atoms with Crippen molar-refractivity contribution >= 4 is 29.5 Å². The minimum absolute atomic E-state index is 0.0968. The summed E-state index contributed by atoms with van der Waals surface area (Å²) < 4.78 is 10.1. The minimum Gasteiger partial charge on any atom is -0.449 e. The van der Waals surface area contributed by atoms with Gasteiger partial charge in [0.1, 0.15) is 5.76 Å². The lowest BCUT2D eigenvalue weighted by atomic mass is 9.94. The molecule has 1 saturated carbocycles. The SMILES string of the molecule is Cc1cc(NC(=O)[C@@H](C)OC(=O)c2ccc3c(c2)C(=O)N(C2CCCCC2)C3=O)no1. The van der Waals surface area contributed by atoms with Crippen LogP contribution >= 0.6 is 0 Å². The molecule has 0 spiro atoms. The maximum atomic E-state index is 12.9. The van der Waals surface area contributed by atoms with Crippen LogP contribution in [-0.2, 0) is 9.53 Å². The molecule has 1 aliphatic heterocycles. The topological polar surface area (TPSA) is 119 Å². The van der Waals surface area contributed by atoms with Crippen LogP contribution in [-0.4, -0.2) is 45.9 Å². The summed E-state index contributed by atoms with van der Waals surface area (Å²) in [6, 6.07) is 5.71. The molecule has 3 amide bonds. The van der Waals surface area contributed by atoms with Crippen LogP contribution in [0.2, 0.25) is 0 Å². The van der Waals surface area contributed by atoms with Crippen molar-refractivity contribution in [1.82, 2.24) is 10.1 Å². The van der Waals surface area contributed by atoms with Gasteiger partial charge in [-0.1, -0.05) is 24.4 Å². The van der Waals surface area contributed by atoms with Gasteiger partial charge in [-0.3, -0.25) is 19.3 Å². The quantitative estimate of drug-likeness (QED) is 0.577. The van der Waals surface area contributed by atoms with E-state index in [2.05, 4.69) is 10.5 Å². The van der Waals surface area contributed by atoms with Crippen molar-refractivity contribution in [3.05, 3.63) is 46.7 Å². The monoisotopic (exact) mass is 425 g/mol. The van der Waals surface area contributed by atoms with Crippen molar-refractivity contribution < 1.29 is 28.4 Å². The molecule has 1 aliphatic carbocycles. The molecule has 4 rings (SSSR count). The predicted octanol–water partition coefficient (Wildman–Crippen LogP) is 3.10. The van der Waals surface area contributed by atoms with E-state index in [0.29, 0.717) is 11.3 Å². The number of nitrogens with one attached hydrogen (secondary N) is 1. The van der Waals surface area contributed by atoms with Crippen LogP contribution in [0.3, 0.4) is 0 Å². The highest BCUT2D eigenvalue weighted by Crippen LogP contribution is 2.31. The van der Waals surface area contributed by atoms with E-state index in [4.69, 9.17) is 9.26 Å². The Morgan fingerprint density at radius 1 is 1.13 bits per heavy atom. The number of benzene rings is 1. The third-order valence-electron chi connectivity index (χ3n) is 5.63. The Bertz CT molecular complexity index is 1050. The van der Waals surface area contributed by atoms with Crippen molar-refractivity contribution in [3.63, 3.8) is 0 Å². The summed E-state index contributed by atoms with van der Waals surface area (Å²) in [5.74, 6) is -1.29. The molecule has 162 valence electrons. The summed E-state index contributed by atoms with van der Waals surface area (Å²) in [4.78, 5) is 51.7. The molecule has 2 aliphatic rings. The van der Waals surface area contributed by atoms with Gasteiger partial charge in [0, 0.05) is 12.1 Å². The first-order valence-corrected chi connectivity index (χ1v) is 10.3. The van der Waals surface area contributed by atoms with Gasteiger partial charge in [0.2, 0.25) is 0 Å². The zero-order valence-electron chi connectivity index (χ0n) is 17.3. The number of nitrogens with zero attached hydrogens (tertiary/aromatic N) is 2. The number of fused-ring (bicyclic) bond motifs is 1. The lowest BCUT2D eigenvalue weighted by Gasteiger charge is -2.29. The number of carbonyl (C=O) groups is 4. The lowest BCUT2D eigenvalue weighted by molar-refractivity contribution is -0.123. The average Bonchev–Trinajstić information content (AvgIpc) is 3.28. The second-order valence-corrected chi connectivity index (χ2v) is 7.89. The van der Waals surface area contributed by atoms with Crippen LogP contribution in [0.5, 0.6) is 0 Å². The lowest BCUT2D eigenvalue weighted by Crippen LogP contribution is -2.40. The first-order chi connectivity index (χ1) is 14.8. The summed E-state index contributed by atoms with van der Waals surface area (Å²) in [6.07, 6.45) is 3.59. The molecule has 2 heterocycles. The number of aromatic nitrogens is 1. The molecule has 1 aromatic heterocycles. The molecule has 0 saturated heterocycles. The number of imide groups is 1. The number of rotatable bonds is 5. The summed E-state index contributed by atoms with van der Waals surface area (Å²) in [7, 11) is 0. The summed E-state index contributed by atoms with van der Waals surface area (Å²) >= 11 is 0. The van der Waals surface area contributed by atoms with E-state index in [1.165, 1.54) is 36.1 Å². The van der Waals surface area contributed by atoms with E-state index in [1.807, 2.05) is 0 Å². The van der Waals surface area contributed by atoms with Gasteiger partial charge < -0.3 is 14.6 Å². The fourth-order valence-electron chi connectivity index (χ4n) is 3.99. The Morgan fingerprint density at radius 3 is 2.52 bits per heavy atom. The average molecular weight is 425 g/mol. The normalized spacial score (nSPS) is 17.4. The molecule has 1 atom stereocenters. The standard InChI is InChI=1S/C22H23N3O6/c1-12-10-18(24-31-12)23-19(26)13(2)30-22(29)14-8-9-16-17(11-14)21(28)25(20(16)27)15-6-4-3-5-7-15/h8-11,13,15H,3-7H2,1-2H3,(H,23,24,26)/t13-/m1/s1. The first kappa shape index (κ1) is 20.8. The molecule has 0 unspecified atom stereocenters. The zero-order valence-corrected chi connectivity index (χ0v) is 17.3. The molecule has 31 heavy (non-hydrogen) atoms. The Labute approximate surface area is 178 Å². The number of anilines is 1. The molecular formula is C22H23N3O6. The second-order valence-electron chi connectivity index (χ2n) is 7.89. The molecule has 9 heteroatoms. The highest BCUT2D eigenvalue weighted by atomic mass is 16.5. The Hall–Kier alpha value is -3.49. The van der Waals surface area contributed by atoms with E-state index >= 15 is 0 Å². The smallest absolute Gasteiger partial charge is 0.338 e. The van der Waals surface area contributed by atoms with Crippen LogP contribution in [0.15, 0.2) is 28.8 Å². The highest BCUT2D eigenvalue weighted by molar-refractivity contribution is 6.22. The third-order valence-corrected chi connectivity index (χ3v) is 5.63. The largest absolute Gasteiger partial charge is 0.449 e. The van der Waals surface area contributed by atoms with Gasteiger partial charge in [-0.15, -0.1) is 0 Å². The fourth-order valence-corrected chi connectivity index (χ4v) is 3.99. The molecule has 0 bridgehead atoms. The highest BCUT2D eigenvalue weighted by Gasteiger charge is 2.40. The van der Waals surface area contributed by atoms with E-state index in [9.17, 15) is 19.2 Å². The van der Waals surface area contributed by atoms with Crippen molar-refractivity contribution in [2.75, 3.05) is 5.32 Å². The van der Waals surface area contributed by atoms with Gasteiger partial charge in [-0.25, -0.2) is 4.79 Å². The van der Waals surface area contributed by atoms with Gasteiger partial charge in [0.25, 0.3) is 17.7 Å². The number of carbonyl (C=O) groups excluding carboxylic acids is 4. The fraction of sp³-hybridized carbons (Fsp3) is 0.409. The zero-order chi connectivity index (χ0) is 22.1. The minimum atomic E-state index is -1.10. The van der Waals surface area contributed by atoms with Crippen LogP contribution < -0.4 is 5.32 Å². The van der Waals surface area contributed by atoms with Crippen LogP contribution in [0.25, 0.3) is 0 Å². The summed E-state index contributed by atoms with van der Waals surface area (Å²) in [6.45, 7) is 3.11. The molecule has 1 fully saturated rings. The number of hydrogen-bond acceptors (Lipinski definition) is 7. The number of hydrogen-bond donors (Lipinski definition) is 1. The molecule has 0 radical (unpaired) electrons. The molecule has 1 aromatic carbocycles. The van der Waals surface area contributed by atoms with Gasteiger partial charge in [0.05, 0.1) is 16.7 Å². The van der Waals surface area contributed by atoms with Crippen LogP contribution in [0.4, 0.5) is 5.82 Å². The third kappa shape index (κ3) is 4.08. The Morgan fingerprint density at radius 2 is 1.84 bits per heavy atom. The van der Waals surface area contributed by atoms with Crippen molar-refractivity contribution in [2.24, 2.45) is 0 Å². The van der Waals surface area contributed by atoms with Gasteiger partial charge >= 0.3 is 5.97 Å². The van der Waals surface area contributed by atoms with Crippen LogP contribution in [0, 0.1) is 6.92 Å². The van der Waals surface area contributed by atoms with Crippen molar-refractivity contribution in [2.45, 2.75) is 58.1 Å². The maximum Gasteiger partial charge on any atom is 0.338 e. The van der Waals surface area contributed by atoms with E-state index < -0.39 is 18.0 Å². The van der Waals surface area contributed by atoms with E-state index in [0.717, 1.165) is 32.1 Å². The number of aryl methyl sites for hydroxylation is 1. The Balaban J connectivity index is 1.45.